The van der Waals surface area contributed by atoms with Crippen LogP contribution >= 0.6 is 11.8 Å². The lowest BCUT2D eigenvalue weighted by atomic mass is 10.0. The van der Waals surface area contributed by atoms with Crippen LogP contribution in [0, 0.1) is 0 Å². The van der Waals surface area contributed by atoms with Crippen molar-refractivity contribution in [1.82, 2.24) is 26.6 Å². The Morgan fingerprint density at radius 2 is 1.73 bits per heavy atom. The number of ether oxygens (including phenoxy) is 2. The summed E-state index contributed by atoms with van der Waals surface area (Å²) in [6, 6.07) is 6.25. The van der Waals surface area contributed by atoms with Crippen molar-refractivity contribution < 1.29 is 33.4 Å². The highest BCUT2D eigenvalue weighted by Gasteiger charge is 2.42. The lowest BCUT2D eigenvalue weighted by Gasteiger charge is -2.25. The van der Waals surface area contributed by atoms with Crippen LogP contribution in [0.2, 0.25) is 0 Å². The summed E-state index contributed by atoms with van der Waals surface area (Å²) in [5.74, 6) is 0.624. The van der Waals surface area contributed by atoms with Crippen molar-refractivity contribution in [3.63, 3.8) is 0 Å². The van der Waals surface area contributed by atoms with Crippen LogP contribution in [0.15, 0.2) is 48.6 Å². The van der Waals surface area contributed by atoms with E-state index in [2.05, 4.69) is 45.7 Å². The van der Waals surface area contributed by atoms with E-state index in [1.54, 1.807) is 45.0 Å². The van der Waals surface area contributed by atoms with Gasteiger partial charge in [0.05, 0.1) is 17.8 Å². The molecule has 0 aromatic heterocycles. The Kier molecular flexibility index (Phi) is 17.9. The van der Waals surface area contributed by atoms with Gasteiger partial charge in [0.25, 0.3) is 5.91 Å². The van der Waals surface area contributed by atoms with Crippen molar-refractivity contribution in [2.75, 3.05) is 36.9 Å². The van der Waals surface area contributed by atoms with Crippen molar-refractivity contribution in [2.24, 2.45) is 0 Å². The predicted octanol–water partition coefficient (Wildman–Crippen LogP) is 4.96. The molecule has 1 aromatic carbocycles. The molecule has 0 aliphatic carbocycles. The molecule has 52 heavy (non-hydrogen) atoms. The van der Waals surface area contributed by atoms with Gasteiger partial charge in [-0.1, -0.05) is 49.8 Å². The van der Waals surface area contributed by atoms with Gasteiger partial charge in [-0.3, -0.25) is 19.3 Å². The smallest absolute Gasteiger partial charge is 0.408 e. The number of nitrogens with one attached hydrogen (secondary N) is 5. The van der Waals surface area contributed by atoms with Gasteiger partial charge in [0, 0.05) is 30.5 Å². The molecule has 5 N–H and O–H groups in total. The van der Waals surface area contributed by atoms with Gasteiger partial charge in [-0.15, -0.1) is 0 Å². The lowest BCUT2D eigenvalue weighted by molar-refractivity contribution is -0.125. The molecule has 4 rings (SSSR count). The first-order valence-electron chi connectivity index (χ1n) is 18.4. The van der Waals surface area contributed by atoms with Gasteiger partial charge in [-0.25, -0.2) is 9.59 Å². The Morgan fingerprint density at radius 3 is 2.44 bits per heavy atom. The van der Waals surface area contributed by atoms with Crippen LogP contribution in [0.1, 0.15) is 86.0 Å². The molecule has 288 valence electrons. The van der Waals surface area contributed by atoms with E-state index in [1.165, 1.54) is 4.90 Å². The van der Waals surface area contributed by atoms with Gasteiger partial charge in [0.2, 0.25) is 11.8 Å². The second-order valence-corrected chi connectivity index (χ2v) is 15.2. The third-order valence-electron chi connectivity index (χ3n) is 8.37. The normalized spacial score (nSPS) is 20.8. The van der Waals surface area contributed by atoms with Crippen molar-refractivity contribution in [2.45, 2.75) is 115 Å². The van der Waals surface area contributed by atoms with Crippen molar-refractivity contribution in [1.29, 1.82) is 0 Å². The van der Waals surface area contributed by atoms with Crippen LogP contribution < -0.4 is 36.2 Å². The molecular weight excluding hydrogens is 685 g/mol. The summed E-state index contributed by atoms with van der Waals surface area (Å²) < 4.78 is 11.1. The highest BCUT2D eigenvalue weighted by Crippen LogP contribution is 2.33. The molecule has 3 aliphatic heterocycles. The van der Waals surface area contributed by atoms with Crippen LogP contribution in [0.25, 0.3) is 0 Å². The molecule has 1 unspecified atom stereocenters. The maximum atomic E-state index is 13.4. The van der Waals surface area contributed by atoms with E-state index in [0.717, 1.165) is 50.7 Å². The number of para-hydroxylation sites is 2. The number of allylic oxidation sites excluding steroid dienone is 4. The third kappa shape index (κ3) is 14.8. The molecule has 4 atom stereocenters. The monoisotopic (exact) mass is 742 g/mol. The Labute approximate surface area is 312 Å². The van der Waals surface area contributed by atoms with Crippen LogP contribution in [-0.2, 0) is 19.1 Å². The molecule has 0 bridgehead atoms. The van der Waals surface area contributed by atoms with E-state index in [0.29, 0.717) is 36.2 Å². The number of unbranched alkanes of at least 4 members (excludes halogenated alkanes) is 3. The van der Waals surface area contributed by atoms with Gasteiger partial charge in [-0.05, 0) is 78.4 Å². The molecule has 0 spiro atoms. The second kappa shape index (κ2) is 22.0. The molecule has 3 heterocycles. The summed E-state index contributed by atoms with van der Waals surface area (Å²) in [4.78, 5) is 63.6. The first-order valence-corrected chi connectivity index (χ1v) is 19.5. The second-order valence-electron chi connectivity index (χ2n) is 13.9. The Hall–Kier alpha value is -4.20. The Morgan fingerprint density at radius 1 is 1.00 bits per heavy atom. The molecule has 2 saturated heterocycles. The minimum Gasteiger partial charge on any atom is -0.489 e. The Balaban J connectivity index is 0.000000944. The number of nitrogens with zero attached hydrogens (tertiary/aromatic N) is 1. The molecule has 0 radical (unpaired) electrons. The quantitative estimate of drug-likeness (QED) is 0.0901. The fourth-order valence-electron chi connectivity index (χ4n) is 5.84. The molecule has 2 fully saturated rings. The highest BCUT2D eigenvalue weighted by molar-refractivity contribution is 8.00. The SMILES string of the molecule is C/C=C\C=C/CC.CC(C)(C)OC(=O)N[C@H]1COc2ccccc2N(CC(=O)NCCCCCNC(=O)CCCCC2SC[C@@H]3NC(=O)N[C@H]23)C1=O. The fraction of sp³-hybridized carbons (Fsp3) is 0.605. The van der Waals surface area contributed by atoms with Gasteiger partial charge in [0.1, 0.15) is 30.5 Å². The maximum Gasteiger partial charge on any atom is 0.408 e. The summed E-state index contributed by atoms with van der Waals surface area (Å²) >= 11 is 1.89. The average molecular weight is 743 g/mol. The topological polar surface area (TPSA) is 167 Å². The number of hydrogen-bond donors (Lipinski definition) is 5. The Bertz CT molecular complexity index is 1400. The van der Waals surface area contributed by atoms with Crippen LogP contribution in [-0.4, -0.2) is 90.8 Å². The number of anilines is 1. The summed E-state index contributed by atoms with van der Waals surface area (Å²) in [7, 11) is 0. The largest absolute Gasteiger partial charge is 0.489 e. The molecule has 1 aromatic rings. The zero-order valence-electron chi connectivity index (χ0n) is 31.3. The number of amides is 6. The van der Waals surface area contributed by atoms with E-state index in [1.807, 2.05) is 30.8 Å². The number of urea groups is 1. The molecule has 13 nitrogen and oxygen atoms in total. The number of carbonyl (C=O) groups excluding carboxylic acids is 5. The van der Waals surface area contributed by atoms with E-state index in [4.69, 9.17) is 9.47 Å². The number of rotatable bonds is 16. The van der Waals surface area contributed by atoms with Gasteiger partial charge >= 0.3 is 12.1 Å². The molecule has 0 saturated carbocycles. The fourth-order valence-corrected chi connectivity index (χ4v) is 7.38. The number of carbonyl (C=O) groups is 5. The van der Waals surface area contributed by atoms with Crippen LogP contribution in [0.5, 0.6) is 5.75 Å². The van der Waals surface area contributed by atoms with Gasteiger partial charge in [0.15, 0.2) is 0 Å². The summed E-state index contributed by atoms with van der Waals surface area (Å²) in [6.07, 6.45) is 14.2. The summed E-state index contributed by atoms with van der Waals surface area (Å²) in [6.45, 7) is 10.0. The lowest BCUT2D eigenvalue weighted by Crippen LogP contribution is -2.53. The molecular formula is C38H58N6O7S. The zero-order chi connectivity index (χ0) is 37.9. The standard InChI is InChI=1S/C31H46N6O7S.C7H12/c1-31(2,3)44-30(42)35-20-18-43-23-12-6-5-11-22(23)37(28(20)40)17-26(39)33-16-10-4-9-15-32-25(38)14-8-7-13-24-27-21(19-45-24)34-29(41)36-27;1-3-5-7-6-4-2/h5-6,11-12,20-21,24,27H,4,7-10,13-19H2,1-3H3,(H,32,38)(H,33,39)(H,35,42)(H2,34,36,41);3,5-7H,4H2,1-2H3/b;5-3-,7-6-/t20-,21-,24?,27-;/m0./s1. The average Bonchev–Trinajstić information content (AvgIpc) is 3.62. The third-order valence-corrected chi connectivity index (χ3v) is 9.88. The molecule has 14 heteroatoms. The predicted molar refractivity (Wildman–Crippen MR) is 206 cm³/mol. The molecule has 3 aliphatic rings. The first-order chi connectivity index (χ1) is 24.9. The summed E-state index contributed by atoms with van der Waals surface area (Å²) in [5.41, 5.74) is -0.283. The van der Waals surface area contributed by atoms with E-state index >= 15 is 0 Å². The van der Waals surface area contributed by atoms with E-state index < -0.39 is 23.6 Å². The van der Waals surface area contributed by atoms with Crippen molar-refractivity contribution in [3.05, 3.63) is 48.6 Å². The van der Waals surface area contributed by atoms with E-state index in [-0.39, 0.29) is 43.1 Å². The number of alkyl carbamates (subject to hydrolysis) is 1. The van der Waals surface area contributed by atoms with Crippen molar-refractivity contribution >= 4 is 47.3 Å². The zero-order valence-corrected chi connectivity index (χ0v) is 32.2. The minimum atomic E-state index is -1.02. The van der Waals surface area contributed by atoms with Gasteiger partial charge in [-0.2, -0.15) is 11.8 Å². The van der Waals surface area contributed by atoms with E-state index in [9.17, 15) is 24.0 Å². The van der Waals surface area contributed by atoms with Crippen molar-refractivity contribution in [3.8, 4) is 5.75 Å². The highest BCUT2D eigenvalue weighted by atomic mass is 32.2. The number of hydrogen-bond acceptors (Lipinski definition) is 8. The maximum absolute atomic E-state index is 13.4. The van der Waals surface area contributed by atoms with Gasteiger partial charge < -0.3 is 36.1 Å². The molecule has 6 amide bonds. The van der Waals surface area contributed by atoms with Crippen LogP contribution in [0.4, 0.5) is 15.3 Å². The van der Waals surface area contributed by atoms with Crippen LogP contribution in [0.3, 0.4) is 0 Å². The number of fused-ring (bicyclic) bond motifs is 2. The first kappa shape index (κ1) is 42.2. The number of benzene rings is 1. The summed E-state index contributed by atoms with van der Waals surface area (Å²) in [5, 5.41) is 14.7. The minimum absolute atomic E-state index is 0.0435. The number of thioether (sulfide) groups is 1.